The summed E-state index contributed by atoms with van der Waals surface area (Å²) < 4.78 is 5.03. The number of hydrogen-bond donors (Lipinski definition) is 1. The number of quaternary nitrogens is 1. The Morgan fingerprint density at radius 3 is 2.74 bits per heavy atom. The first-order valence-electron chi connectivity index (χ1n) is 7.00. The van der Waals surface area contributed by atoms with E-state index in [9.17, 15) is 4.79 Å². The highest BCUT2D eigenvalue weighted by atomic mass is 16.6. The Morgan fingerprint density at radius 1 is 1.37 bits per heavy atom. The molecule has 0 atom stereocenters. The van der Waals surface area contributed by atoms with Crippen LogP contribution in [0.3, 0.4) is 0 Å². The number of carbonyl (C=O) groups excluding carboxylic acids is 1. The first kappa shape index (κ1) is 13.9. The van der Waals surface area contributed by atoms with E-state index in [0.717, 1.165) is 32.7 Å². The van der Waals surface area contributed by atoms with Gasteiger partial charge in [0.25, 0.3) is 0 Å². The normalized spacial score (nSPS) is 16.4. The second-order valence-corrected chi connectivity index (χ2v) is 5.10. The summed E-state index contributed by atoms with van der Waals surface area (Å²) in [7, 11) is 0. The molecule has 1 aromatic carbocycles. The summed E-state index contributed by atoms with van der Waals surface area (Å²) in [5, 5.41) is 0. The molecule has 0 bridgehead atoms. The van der Waals surface area contributed by atoms with Crippen LogP contribution in [0, 0.1) is 6.92 Å². The van der Waals surface area contributed by atoms with Gasteiger partial charge in [-0.15, -0.1) is 0 Å². The largest absolute Gasteiger partial charge is 0.450 e. The molecule has 0 unspecified atom stereocenters. The zero-order valence-corrected chi connectivity index (χ0v) is 11.8. The van der Waals surface area contributed by atoms with Crippen molar-refractivity contribution >= 4 is 6.09 Å². The van der Waals surface area contributed by atoms with E-state index in [-0.39, 0.29) is 6.09 Å². The van der Waals surface area contributed by atoms with Gasteiger partial charge in [-0.2, -0.15) is 0 Å². The summed E-state index contributed by atoms with van der Waals surface area (Å²) in [5.41, 5.74) is 2.68. The van der Waals surface area contributed by atoms with E-state index in [4.69, 9.17) is 4.74 Å². The molecule has 1 N–H and O–H groups in total. The highest BCUT2D eigenvalue weighted by molar-refractivity contribution is 5.67. The van der Waals surface area contributed by atoms with Crippen LogP contribution >= 0.6 is 0 Å². The van der Waals surface area contributed by atoms with Crippen LogP contribution in [0.2, 0.25) is 0 Å². The van der Waals surface area contributed by atoms with Crippen LogP contribution in [-0.4, -0.2) is 43.8 Å². The molecule has 0 saturated carbocycles. The topological polar surface area (TPSA) is 34.0 Å². The van der Waals surface area contributed by atoms with Crippen LogP contribution in [0.25, 0.3) is 0 Å². The lowest BCUT2D eigenvalue weighted by Crippen LogP contribution is -3.13. The van der Waals surface area contributed by atoms with Gasteiger partial charge in [0, 0.05) is 5.56 Å². The molecule has 1 amide bonds. The van der Waals surface area contributed by atoms with Crippen molar-refractivity contribution in [2.24, 2.45) is 0 Å². The third-order valence-electron chi connectivity index (χ3n) is 3.53. The SMILES string of the molecule is CCOC(=O)N1CC[NH+](Cc2cccc(C)c2)CC1. The number of rotatable bonds is 3. The van der Waals surface area contributed by atoms with Crippen LogP contribution in [0.5, 0.6) is 0 Å². The van der Waals surface area contributed by atoms with E-state index in [1.54, 1.807) is 0 Å². The lowest BCUT2D eigenvalue weighted by molar-refractivity contribution is -0.917. The standard InChI is InChI=1S/C15H22N2O2/c1-3-19-15(18)17-9-7-16(8-10-17)12-14-6-4-5-13(2)11-14/h4-6,11H,3,7-10,12H2,1-2H3/p+1. The van der Waals surface area contributed by atoms with E-state index < -0.39 is 0 Å². The maximum absolute atomic E-state index is 11.6. The molecule has 2 rings (SSSR count). The van der Waals surface area contributed by atoms with E-state index in [1.807, 2.05) is 11.8 Å². The van der Waals surface area contributed by atoms with Gasteiger partial charge in [-0.1, -0.05) is 29.8 Å². The van der Waals surface area contributed by atoms with E-state index in [2.05, 4.69) is 31.2 Å². The Morgan fingerprint density at radius 2 is 2.11 bits per heavy atom. The van der Waals surface area contributed by atoms with E-state index in [1.165, 1.54) is 16.0 Å². The number of nitrogens with one attached hydrogen (secondary N) is 1. The number of nitrogens with zero attached hydrogens (tertiary/aromatic N) is 1. The highest BCUT2D eigenvalue weighted by Crippen LogP contribution is 2.02. The number of carbonyl (C=O) groups is 1. The predicted molar refractivity (Wildman–Crippen MR) is 74.2 cm³/mol. The highest BCUT2D eigenvalue weighted by Gasteiger charge is 2.24. The second kappa shape index (κ2) is 6.57. The maximum atomic E-state index is 11.6. The van der Waals surface area contributed by atoms with Gasteiger partial charge in [0.2, 0.25) is 0 Å². The molecule has 0 aliphatic carbocycles. The van der Waals surface area contributed by atoms with Gasteiger partial charge >= 0.3 is 6.09 Å². The van der Waals surface area contributed by atoms with Crippen molar-refractivity contribution in [3.63, 3.8) is 0 Å². The molecule has 1 fully saturated rings. The fourth-order valence-corrected chi connectivity index (χ4v) is 2.51. The van der Waals surface area contributed by atoms with Gasteiger partial charge < -0.3 is 9.64 Å². The molecule has 1 aliphatic heterocycles. The van der Waals surface area contributed by atoms with Crippen molar-refractivity contribution < 1.29 is 14.4 Å². The number of aryl methyl sites for hydroxylation is 1. The zero-order chi connectivity index (χ0) is 13.7. The van der Waals surface area contributed by atoms with Crippen LogP contribution in [-0.2, 0) is 11.3 Å². The van der Waals surface area contributed by atoms with Crippen molar-refractivity contribution in [1.29, 1.82) is 0 Å². The van der Waals surface area contributed by atoms with Crippen molar-refractivity contribution in [1.82, 2.24) is 4.90 Å². The average molecular weight is 263 g/mol. The molecule has 1 aromatic rings. The third-order valence-corrected chi connectivity index (χ3v) is 3.53. The Balaban J connectivity index is 1.82. The van der Waals surface area contributed by atoms with Crippen LogP contribution < -0.4 is 4.90 Å². The van der Waals surface area contributed by atoms with Crippen LogP contribution in [0.15, 0.2) is 24.3 Å². The summed E-state index contributed by atoms with van der Waals surface area (Å²) in [6.07, 6.45) is -0.169. The third kappa shape index (κ3) is 3.96. The fraction of sp³-hybridized carbons (Fsp3) is 0.533. The quantitative estimate of drug-likeness (QED) is 0.877. The smallest absolute Gasteiger partial charge is 0.410 e. The van der Waals surface area contributed by atoms with E-state index in [0.29, 0.717) is 6.61 Å². The van der Waals surface area contributed by atoms with Crippen molar-refractivity contribution in [3.05, 3.63) is 35.4 Å². The predicted octanol–water partition coefficient (Wildman–Crippen LogP) is 0.852. The van der Waals surface area contributed by atoms with Crippen molar-refractivity contribution in [2.45, 2.75) is 20.4 Å². The van der Waals surface area contributed by atoms with Gasteiger partial charge in [0.1, 0.15) is 6.54 Å². The number of benzene rings is 1. The summed E-state index contributed by atoms with van der Waals surface area (Å²) >= 11 is 0. The molecule has 4 heteroatoms. The monoisotopic (exact) mass is 263 g/mol. The minimum absolute atomic E-state index is 0.169. The zero-order valence-electron chi connectivity index (χ0n) is 11.8. The van der Waals surface area contributed by atoms with Gasteiger partial charge in [-0.25, -0.2) is 4.79 Å². The summed E-state index contributed by atoms with van der Waals surface area (Å²) in [6, 6.07) is 8.65. The average Bonchev–Trinajstić information content (AvgIpc) is 2.40. The molecule has 1 saturated heterocycles. The molecular formula is C15H23N2O2+. The molecule has 1 heterocycles. The first-order chi connectivity index (χ1) is 9.19. The minimum Gasteiger partial charge on any atom is -0.450 e. The minimum atomic E-state index is -0.169. The summed E-state index contributed by atoms with van der Waals surface area (Å²) in [5.74, 6) is 0. The molecule has 104 valence electrons. The lowest BCUT2D eigenvalue weighted by Gasteiger charge is -2.31. The first-order valence-corrected chi connectivity index (χ1v) is 7.00. The summed E-state index contributed by atoms with van der Waals surface area (Å²) in [4.78, 5) is 14.9. The van der Waals surface area contributed by atoms with Gasteiger partial charge in [-0.3, -0.25) is 4.90 Å². The lowest BCUT2D eigenvalue weighted by atomic mass is 10.1. The Hall–Kier alpha value is -1.55. The number of piperazine rings is 1. The van der Waals surface area contributed by atoms with Crippen molar-refractivity contribution in [2.75, 3.05) is 32.8 Å². The van der Waals surface area contributed by atoms with Crippen LogP contribution in [0.4, 0.5) is 4.79 Å². The van der Waals surface area contributed by atoms with Crippen molar-refractivity contribution in [3.8, 4) is 0 Å². The Labute approximate surface area is 115 Å². The Bertz CT molecular complexity index is 426. The molecule has 1 aliphatic rings. The molecule has 19 heavy (non-hydrogen) atoms. The van der Waals surface area contributed by atoms with E-state index >= 15 is 0 Å². The number of hydrogen-bond acceptors (Lipinski definition) is 2. The van der Waals surface area contributed by atoms with Gasteiger partial charge in [0.15, 0.2) is 0 Å². The molecule has 0 aromatic heterocycles. The maximum Gasteiger partial charge on any atom is 0.410 e. The number of amides is 1. The molecule has 0 spiro atoms. The molecule has 0 radical (unpaired) electrons. The number of ether oxygens (including phenoxy) is 1. The second-order valence-electron chi connectivity index (χ2n) is 5.10. The van der Waals surface area contributed by atoms with Gasteiger partial charge in [-0.05, 0) is 13.8 Å². The fourth-order valence-electron chi connectivity index (χ4n) is 2.51. The summed E-state index contributed by atoms with van der Waals surface area (Å²) in [6.45, 7) is 9.03. The molecular weight excluding hydrogens is 240 g/mol. The molecule has 4 nitrogen and oxygen atoms in total. The van der Waals surface area contributed by atoms with Gasteiger partial charge in [0.05, 0.1) is 32.8 Å². The van der Waals surface area contributed by atoms with Crippen LogP contribution in [0.1, 0.15) is 18.1 Å². The Kier molecular flexibility index (Phi) is 4.80.